The van der Waals surface area contributed by atoms with Gasteiger partial charge in [0.25, 0.3) is 5.91 Å². The molecule has 1 N–H and O–H groups in total. The molecule has 6 nitrogen and oxygen atoms in total. The lowest BCUT2D eigenvalue weighted by molar-refractivity contribution is -0.117. The zero-order chi connectivity index (χ0) is 19.7. The number of pyridine rings is 1. The summed E-state index contributed by atoms with van der Waals surface area (Å²) in [5, 5.41) is 12.4. The number of thiophene rings is 1. The molecule has 1 aliphatic rings. The molecule has 0 fully saturated rings. The third-order valence-electron chi connectivity index (χ3n) is 4.53. The largest absolute Gasteiger partial charge is 0.503 e. The van der Waals surface area contributed by atoms with Crippen LogP contribution in [0.15, 0.2) is 77.6 Å². The molecule has 28 heavy (non-hydrogen) atoms. The molecular weight excluding hydrogens is 376 g/mol. The molecule has 0 spiro atoms. The van der Waals surface area contributed by atoms with E-state index in [-0.39, 0.29) is 11.4 Å². The van der Waals surface area contributed by atoms with E-state index < -0.39 is 17.7 Å². The summed E-state index contributed by atoms with van der Waals surface area (Å²) in [6.45, 7) is 0. The van der Waals surface area contributed by atoms with Gasteiger partial charge in [0.05, 0.1) is 23.6 Å². The van der Waals surface area contributed by atoms with Crippen molar-refractivity contribution in [3.8, 4) is 5.75 Å². The topological polar surface area (TPSA) is 79.7 Å². The molecule has 0 saturated carbocycles. The first kappa shape index (κ1) is 17.9. The zero-order valence-corrected chi connectivity index (χ0v) is 15.7. The monoisotopic (exact) mass is 392 g/mol. The van der Waals surface area contributed by atoms with E-state index in [4.69, 9.17) is 4.74 Å². The van der Waals surface area contributed by atoms with Crippen molar-refractivity contribution in [1.82, 2.24) is 4.98 Å². The summed E-state index contributed by atoms with van der Waals surface area (Å²) in [4.78, 5) is 32.1. The van der Waals surface area contributed by atoms with E-state index >= 15 is 0 Å². The van der Waals surface area contributed by atoms with E-state index in [0.29, 0.717) is 21.9 Å². The lowest BCUT2D eigenvalue weighted by Gasteiger charge is -2.26. The minimum Gasteiger partial charge on any atom is -0.503 e. The lowest BCUT2D eigenvalue weighted by Crippen LogP contribution is -2.31. The molecule has 3 aromatic rings. The summed E-state index contributed by atoms with van der Waals surface area (Å²) in [6.07, 6.45) is 3.20. The first-order valence-electron chi connectivity index (χ1n) is 8.50. The second-order valence-corrected chi connectivity index (χ2v) is 7.08. The molecule has 2 aromatic heterocycles. The van der Waals surface area contributed by atoms with E-state index in [1.807, 2.05) is 0 Å². The molecular formula is C21H16N2O4S. The number of ether oxygens (including phenoxy) is 1. The number of nitrogens with zero attached hydrogens (tertiary/aromatic N) is 2. The predicted molar refractivity (Wildman–Crippen MR) is 106 cm³/mol. The Kier molecular flexibility index (Phi) is 4.67. The van der Waals surface area contributed by atoms with Gasteiger partial charge in [-0.3, -0.25) is 19.5 Å². The highest BCUT2D eigenvalue weighted by Crippen LogP contribution is 2.42. The van der Waals surface area contributed by atoms with Gasteiger partial charge in [-0.1, -0.05) is 18.2 Å². The second-order valence-electron chi connectivity index (χ2n) is 6.13. The number of rotatable bonds is 5. The molecule has 0 aliphatic carbocycles. The number of Topliss-reactive ketones (excluding diaryl/α,β-unsaturated/α-hetero) is 1. The summed E-state index contributed by atoms with van der Waals surface area (Å²) in [7, 11) is 1.53. The number of anilines is 1. The second kappa shape index (κ2) is 7.28. The lowest BCUT2D eigenvalue weighted by atomic mass is 9.96. The predicted octanol–water partition coefficient (Wildman–Crippen LogP) is 3.93. The number of aliphatic hydroxyl groups is 1. The molecule has 3 heterocycles. The van der Waals surface area contributed by atoms with Crippen molar-refractivity contribution in [1.29, 1.82) is 0 Å². The van der Waals surface area contributed by atoms with E-state index in [0.717, 1.165) is 0 Å². The Morgan fingerprint density at radius 3 is 2.75 bits per heavy atom. The van der Waals surface area contributed by atoms with Gasteiger partial charge in [-0.05, 0) is 35.2 Å². The van der Waals surface area contributed by atoms with Crippen molar-refractivity contribution in [3.05, 3.63) is 88.1 Å². The van der Waals surface area contributed by atoms with Gasteiger partial charge < -0.3 is 9.84 Å². The normalized spacial score (nSPS) is 16.5. The summed E-state index contributed by atoms with van der Waals surface area (Å²) in [5.74, 6) is -0.995. The molecule has 1 aromatic carbocycles. The van der Waals surface area contributed by atoms with Crippen molar-refractivity contribution in [2.24, 2.45) is 0 Å². The van der Waals surface area contributed by atoms with Crippen LogP contribution in [0.4, 0.5) is 5.69 Å². The number of methoxy groups -OCH3 is 1. The maximum absolute atomic E-state index is 13.1. The van der Waals surface area contributed by atoms with Crippen LogP contribution in [0.2, 0.25) is 0 Å². The van der Waals surface area contributed by atoms with Gasteiger partial charge in [-0.2, -0.15) is 0 Å². The molecule has 0 saturated heterocycles. The van der Waals surface area contributed by atoms with E-state index in [2.05, 4.69) is 4.98 Å². The van der Waals surface area contributed by atoms with Crippen LogP contribution in [0, 0.1) is 0 Å². The fourth-order valence-electron chi connectivity index (χ4n) is 3.26. The summed E-state index contributed by atoms with van der Waals surface area (Å²) < 4.78 is 5.26. The number of hydrogen-bond donors (Lipinski definition) is 1. The number of ketones is 1. The number of benzene rings is 1. The summed E-state index contributed by atoms with van der Waals surface area (Å²) in [5.41, 5.74) is 1.18. The van der Waals surface area contributed by atoms with E-state index in [9.17, 15) is 14.7 Å². The quantitative estimate of drug-likeness (QED) is 0.666. The third-order valence-corrected chi connectivity index (χ3v) is 5.40. The molecule has 7 heteroatoms. The van der Waals surface area contributed by atoms with E-state index in [1.54, 1.807) is 66.3 Å². The van der Waals surface area contributed by atoms with Crippen LogP contribution in [0.5, 0.6) is 5.75 Å². The van der Waals surface area contributed by atoms with Crippen molar-refractivity contribution in [3.63, 3.8) is 0 Å². The maximum Gasteiger partial charge on any atom is 0.294 e. The molecule has 0 bridgehead atoms. The van der Waals surface area contributed by atoms with Crippen molar-refractivity contribution in [2.75, 3.05) is 12.0 Å². The van der Waals surface area contributed by atoms with Gasteiger partial charge in [-0.15, -0.1) is 11.3 Å². The third kappa shape index (κ3) is 2.95. The minimum absolute atomic E-state index is 0.0447. The Morgan fingerprint density at radius 2 is 2.07 bits per heavy atom. The maximum atomic E-state index is 13.1. The standard InChI is InChI=1S/C21H16N2O4S/c1-27-15-7-2-6-14(11-15)23-18(13-5-3-9-22-12-13)17(20(25)21(23)26)19(24)16-8-4-10-28-16/h2-12,18,25H,1H3. The number of carbonyl (C=O) groups is 2. The Morgan fingerprint density at radius 1 is 1.21 bits per heavy atom. The highest BCUT2D eigenvalue weighted by molar-refractivity contribution is 7.12. The molecule has 0 radical (unpaired) electrons. The Labute approximate surface area is 165 Å². The zero-order valence-electron chi connectivity index (χ0n) is 14.9. The van der Waals surface area contributed by atoms with Gasteiger partial charge in [0.2, 0.25) is 5.78 Å². The number of amides is 1. The highest BCUT2D eigenvalue weighted by atomic mass is 32.1. The molecule has 140 valence electrons. The Balaban J connectivity index is 1.88. The summed E-state index contributed by atoms with van der Waals surface area (Å²) >= 11 is 1.26. The van der Waals surface area contributed by atoms with Crippen LogP contribution in [-0.2, 0) is 4.79 Å². The van der Waals surface area contributed by atoms with Crippen molar-refractivity contribution in [2.45, 2.75) is 6.04 Å². The Bertz CT molecular complexity index is 1060. The average Bonchev–Trinajstić information content (AvgIpc) is 3.36. The SMILES string of the molecule is COc1cccc(N2C(=O)C(O)=C(C(=O)c3cccs3)C2c2cccnc2)c1. The smallest absolute Gasteiger partial charge is 0.294 e. The first-order chi connectivity index (χ1) is 13.6. The molecule has 1 amide bonds. The van der Waals surface area contributed by atoms with Crippen LogP contribution in [0.25, 0.3) is 0 Å². The van der Waals surface area contributed by atoms with Gasteiger partial charge >= 0.3 is 0 Å². The number of carbonyl (C=O) groups excluding carboxylic acids is 2. The van der Waals surface area contributed by atoms with E-state index in [1.165, 1.54) is 23.3 Å². The highest BCUT2D eigenvalue weighted by Gasteiger charge is 2.45. The first-order valence-corrected chi connectivity index (χ1v) is 9.38. The van der Waals surface area contributed by atoms with Crippen LogP contribution in [0.1, 0.15) is 21.3 Å². The fraction of sp³-hybridized carbons (Fsp3) is 0.0952. The number of aromatic nitrogens is 1. The van der Waals surface area contributed by atoms with Crippen LogP contribution in [-0.4, -0.2) is 28.9 Å². The molecule has 1 aliphatic heterocycles. The Hall–Kier alpha value is -3.45. The number of aliphatic hydroxyl groups excluding tert-OH is 1. The fourth-order valence-corrected chi connectivity index (χ4v) is 3.94. The minimum atomic E-state index is -0.789. The average molecular weight is 392 g/mol. The van der Waals surface area contributed by atoms with Crippen LogP contribution in [0.3, 0.4) is 0 Å². The van der Waals surface area contributed by atoms with Crippen LogP contribution >= 0.6 is 11.3 Å². The van der Waals surface area contributed by atoms with Gasteiger partial charge in [0, 0.05) is 24.1 Å². The molecule has 4 rings (SSSR count). The summed E-state index contributed by atoms with van der Waals surface area (Å²) in [6, 6.07) is 13.1. The number of hydrogen-bond acceptors (Lipinski definition) is 6. The van der Waals surface area contributed by atoms with Crippen molar-refractivity contribution >= 4 is 28.7 Å². The molecule has 1 unspecified atom stereocenters. The molecule has 1 atom stereocenters. The van der Waals surface area contributed by atoms with Gasteiger partial charge in [-0.25, -0.2) is 0 Å². The van der Waals surface area contributed by atoms with Crippen LogP contribution < -0.4 is 9.64 Å². The van der Waals surface area contributed by atoms with Gasteiger partial charge in [0.1, 0.15) is 5.75 Å². The van der Waals surface area contributed by atoms with Crippen molar-refractivity contribution < 1.29 is 19.4 Å². The van der Waals surface area contributed by atoms with Gasteiger partial charge in [0.15, 0.2) is 5.76 Å².